The summed E-state index contributed by atoms with van der Waals surface area (Å²) in [5, 5.41) is 3.71. The lowest BCUT2D eigenvalue weighted by atomic mass is 9.63. The molecule has 0 aromatic heterocycles. The van der Waals surface area contributed by atoms with Crippen molar-refractivity contribution in [1.29, 1.82) is 0 Å². The van der Waals surface area contributed by atoms with Gasteiger partial charge in [0.2, 0.25) is 0 Å². The fourth-order valence-electron chi connectivity index (χ4n) is 4.00. The first-order valence-corrected chi connectivity index (χ1v) is 7.79. The molecule has 0 atom stereocenters. The summed E-state index contributed by atoms with van der Waals surface area (Å²) in [6.07, 6.45) is 3.79. The van der Waals surface area contributed by atoms with Crippen molar-refractivity contribution in [3.8, 4) is 5.75 Å². The van der Waals surface area contributed by atoms with Gasteiger partial charge in [0.1, 0.15) is 5.75 Å². The number of hydrogen-bond acceptors (Lipinski definition) is 2. The molecule has 2 nitrogen and oxygen atoms in total. The predicted molar refractivity (Wildman–Crippen MR) is 86.4 cm³/mol. The number of ether oxygens (including phenoxy) is 1. The summed E-state index contributed by atoms with van der Waals surface area (Å²) in [5.41, 5.74) is 2.04. The van der Waals surface area contributed by atoms with E-state index in [0.717, 1.165) is 12.4 Å². The Kier molecular flexibility index (Phi) is 4.31. The zero-order valence-electron chi connectivity index (χ0n) is 13.6. The van der Waals surface area contributed by atoms with E-state index in [9.17, 15) is 0 Å². The smallest absolute Gasteiger partial charge is 0.119 e. The summed E-state index contributed by atoms with van der Waals surface area (Å²) in [7, 11) is 0. The van der Waals surface area contributed by atoms with E-state index < -0.39 is 0 Å². The Morgan fingerprint density at radius 2 is 1.60 bits per heavy atom. The van der Waals surface area contributed by atoms with Crippen molar-refractivity contribution < 1.29 is 4.74 Å². The van der Waals surface area contributed by atoms with Gasteiger partial charge in [-0.05, 0) is 61.3 Å². The van der Waals surface area contributed by atoms with Gasteiger partial charge < -0.3 is 10.1 Å². The van der Waals surface area contributed by atoms with Gasteiger partial charge in [0, 0.05) is 11.7 Å². The molecule has 0 saturated heterocycles. The van der Waals surface area contributed by atoms with Gasteiger partial charge in [0.05, 0.1) is 6.61 Å². The summed E-state index contributed by atoms with van der Waals surface area (Å²) in [5.74, 6) is 0.947. The molecule has 0 heterocycles. The van der Waals surface area contributed by atoms with Crippen molar-refractivity contribution in [2.24, 2.45) is 10.8 Å². The van der Waals surface area contributed by atoms with Gasteiger partial charge in [-0.25, -0.2) is 0 Å². The average Bonchev–Trinajstić information content (AvgIpc) is 2.28. The molecular weight excluding hydrogens is 246 g/mol. The minimum absolute atomic E-state index is 0.421. The first kappa shape index (κ1) is 15.2. The highest BCUT2D eigenvalue weighted by Crippen LogP contribution is 2.46. The van der Waals surface area contributed by atoms with E-state index in [1.165, 1.54) is 24.9 Å². The third-order valence-corrected chi connectivity index (χ3v) is 4.09. The Morgan fingerprint density at radius 1 is 1.05 bits per heavy atom. The number of benzene rings is 1. The monoisotopic (exact) mass is 275 g/mol. The minimum Gasteiger partial charge on any atom is -0.494 e. The highest BCUT2D eigenvalue weighted by molar-refractivity contribution is 5.47. The molecule has 1 aromatic rings. The first-order chi connectivity index (χ1) is 9.30. The van der Waals surface area contributed by atoms with Crippen LogP contribution in [-0.2, 0) is 0 Å². The average molecular weight is 275 g/mol. The molecule has 1 fully saturated rings. The Bertz CT molecular complexity index is 417. The maximum absolute atomic E-state index is 5.49. The van der Waals surface area contributed by atoms with Crippen LogP contribution in [0.2, 0.25) is 0 Å². The third-order valence-electron chi connectivity index (χ3n) is 4.09. The van der Waals surface area contributed by atoms with E-state index in [-0.39, 0.29) is 0 Å². The molecule has 0 amide bonds. The molecular formula is C18H29NO. The van der Waals surface area contributed by atoms with E-state index in [4.69, 9.17) is 4.74 Å². The van der Waals surface area contributed by atoms with E-state index >= 15 is 0 Å². The molecule has 0 bridgehead atoms. The van der Waals surface area contributed by atoms with Crippen LogP contribution in [0.4, 0.5) is 5.69 Å². The van der Waals surface area contributed by atoms with Crippen LogP contribution in [0.5, 0.6) is 5.75 Å². The Morgan fingerprint density at radius 3 is 2.10 bits per heavy atom. The van der Waals surface area contributed by atoms with E-state index in [1.54, 1.807) is 0 Å². The molecule has 0 unspecified atom stereocenters. The number of rotatable bonds is 4. The van der Waals surface area contributed by atoms with Crippen LogP contribution in [0.25, 0.3) is 0 Å². The topological polar surface area (TPSA) is 21.3 Å². The van der Waals surface area contributed by atoms with Gasteiger partial charge in [-0.2, -0.15) is 0 Å². The summed E-state index contributed by atoms with van der Waals surface area (Å²) < 4.78 is 5.49. The van der Waals surface area contributed by atoms with Crippen molar-refractivity contribution in [1.82, 2.24) is 0 Å². The fraction of sp³-hybridized carbons (Fsp3) is 0.667. The van der Waals surface area contributed by atoms with Crippen molar-refractivity contribution in [2.75, 3.05) is 11.9 Å². The Hall–Kier alpha value is -1.18. The molecule has 0 radical (unpaired) electrons. The van der Waals surface area contributed by atoms with E-state index in [1.807, 2.05) is 19.1 Å². The molecule has 20 heavy (non-hydrogen) atoms. The lowest BCUT2D eigenvalue weighted by Crippen LogP contribution is -2.40. The van der Waals surface area contributed by atoms with Crippen LogP contribution >= 0.6 is 0 Å². The normalized spacial score (nSPS) is 21.4. The molecule has 1 aliphatic carbocycles. The van der Waals surface area contributed by atoms with Gasteiger partial charge in [0.25, 0.3) is 0 Å². The lowest BCUT2D eigenvalue weighted by molar-refractivity contribution is 0.105. The van der Waals surface area contributed by atoms with Gasteiger partial charge in [0.15, 0.2) is 0 Å². The Labute approximate surface area is 123 Å². The van der Waals surface area contributed by atoms with Crippen molar-refractivity contribution in [2.45, 2.75) is 59.9 Å². The van der Waals surface area contributed by atoms with Crippen molar-refractivity contribution in [3.63, 3.8) is 0 Å². The van der Waals surface area contributed by atoms with Gasteiger partial charge in [-0.3, -0.25) is 0 Å². The number of nitrogens with one attached hydrogen (secondary N) is 1. The SMILES string of the molecule is CCOc1ccc(NC2CC(C)(C)CC(C)(C)C2)cc1. The fourth-order valence-corrected chi connectivity index (χ4v) is 4.00. The lowest BCUT2D eigenvalue weighted by Gasteiger charge is -2.45. The maximum atomic E-state index is 5.49. The molecule has 2 heteroatoms. The van der Waals surface area contributed by atoms with Crippen LogP contribution in [0.1, 0.15) is 53.9 Å². The minimum atomic E-state index is 0.421. The van der Waals surface area contributed by atoms with Crippen LogP contribution < -0.4 is 10.1 Å². The molecule has 112 valence electrons. The zero-order chi connectivity index (χ0) is 14.8. The maximum Gasteiger partial charge on any atom is 0.119 e. The second-order valence-corrected chi connectivity index (χ2v) is 7.71. The molecule has 0 aliphatic heterocycles. The van der Waals surface area contributed by atoms with Gasteiger partial charge >= 0.3 is 0 Å². The molecule has 1 saturated carbocycles. The van der Waals surface area contributed by atoms with Gasteiger partial charge in [-0.1, -0.05) is 27.7 Å². The Balaban J connectivity index is 2.01. The molecule has 1 N–H and O–H groups in total. The molecule has 2 rings (SSSR count). The third kappa shape index (κ3) is 4.16. The highest BCUT2D eigenvalue weighted by atomic mass is 16.5. The van der Waals surface area contributed by atoms with Gasteiger partial charge in [-0.15, -0.1) is 0 Å². The van der Waals surface area contributed by atoms with Crippen LogP contribution in [-0.4, -0.2) is 12.6 Å². The molecule has 1 aromatic carbocycles. The highest BCUT2D eigenvalue weighted by Gasteiger charge is 2.38. The summed E-state index contributed by atoms with van der Waals surface area (Å²) in [6.45, 7) is 12.3. The predicted octanol–water partition coefficient (Wildman–Crippen LogP) is 5.10. The zero-order valence-corrected chi connectivity index (χ0v) is 13.6. The standard InChI is InChI=1S/C18H29NO/c1-6-20-16-9-7-14(8-10-16)19-15-11-17(2,3)13-18(4,5)12-15/h7-10,15,19H,6,11-13H2,1-5H3. The number of anilines is 1. The summed E-state index contributed by atoms with van der Waals surface area (Å²) in [6, 6.07) is 8.90. The van der Waals surface area contributed by atoms with E-state index in [2.05, 4.69) is 45.1 Å². The van der Waals surface area contributed by atoms with Crippen molar-refractivity contribution >= 4 is 5.69 Å². The largest absolute Gasteiger partial charge is 0.494 e. The van der Waals surface area contributed by atoms with Crippen LogP contribution in [0.15, 0.2) is 24.3 Å². The van der Waals surface area contributed by atoms with Crippen LogP contribution in [0.3, 0.4) is 0 Å². The van der Waals surface area contributed by atoms with E-state index in [0.29, 0.717) is 16.9 Å². The molecule has 0 spiro atoms. The first-order valence-electron chi connectivity index (χ1n) is 7.79. The quantitative estimate of drug-likeness (QED) is 0.825. The summed E-state index contributed by atoms with van der Waals surface area (Å²) >= 11 is 0. The molecule has 1 aliphatic rings. The summed E-state index contributed by atoms with van der Waals surface area (Å²) in [4.78, 5) is 0. The van der Waals surface area contributed by atoms with Crippen molar-refractivity contribution in [3.05, 3.63) is 24.3 Å². The second-order valence-electron chi connectivity index (χ2n) is 7.71. The van der Waals surface area contributed by atoms with Crippen LogP contribution in [0, 0.1) is 10.8 Å². The second kappa shape index (κ2) is 5.67. The number of hydrogen-bond donors (Lipinski definition) is 1.